The molecule has 0 bridgehead atoms. The van der Waals surface area contributed by atoms with Crippen molar-refractivity contribution in [2.24, 2.45) is 0 Å². The van der Waals surface area contributed by atoms with Crippen LogP contribution in [-0.2, 0) is 10.0 Å². The summed E-state index contributed by atoms with van der Waals surface area (Å²) in [7, 11) is 1.47. The molecule has 78 valence electrons. The van der Waals surface area contributed by atoms with Crippen molar-refractivity contribution < 1.29 is 8.42 Å². The maximum Gasteiger partial charge on any atom is 0.242 e. The average Bonchev–Trinajstić information content (AvgIpc) is 2.17. The van der Waals surface area contributed by atoms with Gasteiger partial charge in [-0.05, 0) is 18.2 Å². The molecule has 0 aromatic heterocycles. The summed E-state index contributed by atoms with van der Waals surface area (Å²) in [5, 5.41) is 2.90. The standard InChI is InChI=1S/C9H14N2O2S/c1-10-8-5-4-6-9(7-8)14(12,13)11(2)3/h4-7,10H,1-3H3. The number of rotatable bonds is 3. The molecule has 0 fully saturated rings. The van der Waals surface area contributed by atoms with Gasteiger partial charge in [0.25, 0.3) is 0 Å². The van der Waals surface area contributed by atoms with Gasteiger partial charge in [0, 0.05) is 26.8 Å². The number of benzene rings is 1. The lowest BCUT2D eigenvalue weighted by Gasteiger charge is -2.11. The predicted octanol–water partition coefficient (Wildman–Crippen LogP) is 0.979. The van der Waals surface area contributed by atoms with Crippen molar-refractivity contribution in [3.63, 3.8) is 0 Å². The van der Waals surface area contributed by atoms with Crippen LogP contribution in [0.4, 0.5) is 5.69 Å². The lowest BCUT2D eigenvalue weighted by atomic mass is 10.3. The Hall–Kier alpha value is -1.07. The lowest BCUT2D eigenvalue weighted by Crippen LogP contribution is -2.22. The van der Waals surface area contributed by atoms with Crippen LogP contribution >= 0.6 is 0 Å². The smallest absolute Gasteiger partial charge is 0.242 e. The van der Waals surface area contributed by atoms with E-state index >= 15 is 0 Å². The summed E-state index contributed by atoms with van der Waals surface area (Å²) in [5.41, 5.74) is 0.785. The first-order chi connectivity index (χ1) is 6.48. The molecule has 0 aliphatic heterocycles. The van der Waals surface area contributed by atoms with Gasteiger partial charge in [-0.15, -0.1) is 0 Å². The van der Waals surface area contributed by atoms with Crippen molar-refractivity contribution in [2.45, 2.75) is 4.90 Å². The minimum Gasteiger partial charge on any atom is -0.388 e. The van der Waals surface area contributed by atoms with E-state index in [1.165, 1.54) is 18.4 Å². The third-order valence-corrected chi connectivity index (χ3v) is 3.71. The van der Waals surface area contributed by atoms with Gasteiger partial charge in [0.05, 0.1) is 4.90 Å². The van der Waals surface area contributed by atoms with Crippen molar-refractivity contribution in [2.75, 3.05) is 26.5 Å². The summed E-state index contributed by atoms with van der Waals surface area (Å²) in [5.74, 6) is 0. The van der Waals surface area contributed by atoms with Crippen molar-refractivity contribution in [1.82, 2.24) is 4.31 Å². The van der Waals surface area contributed by atoms with Crippen molar-refractivity contribution in [1.29, 1.82) is 0 Å². The summed E-state index contributed by atoms with van der Waals surface area (Å²) < 4.78 is 24.6. The Bertz CT molecular complexity index is 413. The largest absolute Gasteiger partial charge is 0.388 e. The summed E-state index contributed by atoms with van der Waals surface area (Å²) in [6.07, 6.45) is 0. The molecule has 0 heterocycles. The fourth-order valence-electron chi connectivity index (χ4n) is 1.02. The normalized spacial score (nSPS) is 11.7. The van der Waals surface area contributed by atoms with Gasteiger partial charge in [0.2, 0.25) is 10.0 Å². The quantitative estimate of drug-likeness (QED) is 0.816. The number of nitrogens with zero attached hydrogens (tertiary/aromatic N) is 1. The maximum atomic E-state index is 11.7. The average molecular weight is 214 g/mol. The van der Waals surface area contributed by atoms with E-state index in [0.717, 1.165) is 5.69 Å². The van der Waals surface area contributed by atoms with Crippen LogP contribution in [-0.4, -0.2) is 33.9 Å². The molecular weight excluding hydrogens is 200 g/mol. The number of sulfonamides is 1. The first kappa shape index (κ1) is 11.0. The van der Waals surface area contributed by atoms with Gasteiger partial charge in [0.15, 0.2) is 0 Å². The van der Waals surface area contributed by atoms with Crippen LogP contribution in [0.2, 0.25) is 0 Å². The van der Waals surface area contributed by atoms with E-state index in [-0.39, 0.29) is 0 Å². The molecule has 0 atom stereocenters. The summed E-state index contributed by atoms with van der Waals surface area (Å²) in [6, 6.07) is 6.71. The number of hydrogen-bond donors (Lipinski definition) is 1. The Balaban J connectivity index is 3.20. The highest BCUT2D eigenvalue weighted by Gasteiger charge is 2.16. The molecule has 0 saturated carbocycles. The minimum absolute atomic E-state index is 0.300. The van der Waals surface area contributed by atoms with Crippen LogP contribution in [0.1, 0.15) is 0 Å². The van der Waals surface area contributed by atoms with Crippen LogP contribution in [0, 0.1) is 0 Å². The van der Waals surface area contributed by atoms with Gasteiger partial charge in [-0.1, -0.05) is 6.07 Å². The highest BCUT2D eigenvalue weighted by Crippen LogP contribution is 2.17. The van der Waals surface area contributed by atoms with E-state index in [4.69, 9.17) is 0 Å². The van der Waals surface area contributed by atoms with Crippen LogP contribution in [0.25, 0.3) is 0 Å². The van der Waals surface area contributed by atoms with Gasteiger partial charge in [-0.3, -0.25) is 0 Å². The topological polar surface area (TPSA) is 49.4 Å². The van der Waals surface area contributed by atoms with Crippen molar-refractivity contribution in [3.05, 3.63) is 24.3 Å². The van der Waals surface area contributed by atoms with Crippen LogP contribution in [0.3, 0.4) is 0 Å². The molecule has 0 aliphatic carbocycles. The molecule has 0 spiro atoms. The van der Waals surface area contributed by atoms with Crippen LogP contribution in [0.5, 0.6) is 0 Å². The zero-order valence-corrected chi connectivity index (χ0v) is 9.30. The van der Waals surface area contributed by atoms with Crippen molar-refractivity contribution in [3.8, 4) is 0 Å². The lowest BCUT2D eigenvalue weighted by molar-refractivity contribution is 0.521. The molecule has 0 aliphatic rings. The van der Waals surface area contributed by atoms with Gasteiger partial charge in [-0.25, -0.2) is 12.7 Å². The molecule has 14 heavy (non-hydrogen) atoms. The molecule has 1 N–H and O–H groups in total. The summed E-state index contributed by atoms with van der Waals surface area (Å²) >= 11 is 0. The Morgan fingerprint density at radius 1 is 1.29 bits per heavy atom. The first-order valence-corrected chi connectivity index (χ1v) is 5.63. The molecule has 0 unspecified atom stereocenters. The third-order valence-electron chi connectivity index (χ3n) is 1.90. The van der Waals surface area contributed by atoms with Crippen LogP contribution < -0.4 is 5.32 Å². The van der Waals surface area contributed by atoms with Gasteiger partial charge in [0.1, 0.15) is 0 Å². The Morgan fingerprint density at radius 2 is 1.93 bits per heavy atom. The molecule has 5 heteroatoms. The van der Waals surface area contributed by atoms with Gasteiger partial charge >= 0.3 is 0 Å². The molecule has 1 aromatic rings. The molecule has 1 rings (SSSR count). The van der Waals surface area contributed by atoms with E-state index in [0.29, 0.717) is 4.90 Å². The molecule has 0 amide bonds. The van der Waals surface area contributed by atoms with Crippen molar-refractivity contribution >= 4 is 15.7 Å². The Labute approximate surface area is 84.6 Å². The fraction of sp³-hybridized carbons (Fsp3) is 0.333. The number of anilines is 1. The number of hydrogen-bond acceptors (Lipinski definition) is 3. The van der Waals surface area contributed by atoms with E-state index in [2.05, 4.69) is 5.32 Å². The molecule has 0 radical (unpaired) electrons. The zero-order valence-electron chi connectivity index (χ0n) is 8.48. The van der Waals surface area contributed by atoms with E-state index in [1.807, 2.05) is 6.07 Å². The maximum absolute atomic E-state index is 11.7. The fourth-order valence-corrected chi connectivity index (χ4v) is 1.97. The van der Waals surface area contributed by atoms with Gasteiger partial charge in [-0.2, -0.15) is 0 Å². The Morgan fingerprint density at radius 3 is 2.43 bits per heavy atom. The molecule has 1 aromatic carbocycles. The molecule has 4 nitrogen and oxygen atoms in total. The number of nitrogens with one attached hydrogen (secondary N) is 1. The van der Waals surface area contributed by atoms with E-state index in [9.17, 15) is 8.42 Å². The highest BCUT2D eigenvalue weighted by atomic mass is 32.2. The van der Waals surface area contributed by atoms with E-state index < -0.39 is 10.0 Å². The second-order valence-corrected chi connectivity index (χ2v) is 5.22. The molecule has 0 saturated heterocycles. The predicted molar refractivity (Wildman–Crippen MR) is 56.9 cm³/mol. The summed E-state index contributed by atoms with van der Waals surface area (Å²) in [4.78, 5) is 0.300. The first-order valence-electron chi connectivity index (χ1n) is 4.19. The monoisotopic (exact) mass is 214 g/mol. The Kier molecular flexibility index (Phi) is 3.13. The minimum atomic E-state index is -3.32. The third kappa shape index (κ3) is 2.05. The van der Waals surface area contributed by atoms with Crippen LogP contribution in [0.15, 0.2) is 29.2 Å². The summed E-state index contributed by atoms with van der Waals surface area (Å²) in [6.45, 7) is 0. The van der Waals surface area contributed by atoms with Gasteiger partial charge < -0.3 is 5.32 Å². The SMILES string of the molecule is CNc1cccc(S(=O)(=O)N(C)C)c1. The zero-order chi connectivity index (χ0) is 10.8. The highest BCUT2D eigenvalue weighted by molar-refractivity contribution is 7.89. The second kappa shape index (κ2) is 3.98. The second-order valence-electron chi connectivity index (χ2n) is 3.07. The van der Waals surface area contributed by atoms with E-state index in [1.54, 1.807) is 25.2 Å². The molecular formula is C9H14N2O2S.